The van der Waals surface area contributed by atoms with E-state index in [1.165, 1.54) is 29.7 Å². The van der Waals surface area contributed by atoms with Crippen molar-refractivity contribution in [1.82, 2.24) is 30.6 Å². The zero-order valence-corrected chi connectivity index (χ0v) is 18.2. The van der Waals surface area contributed by atoms with Crippen LogP contribution in [0.15, 0.2) is 48.0 Å². The highest BCUT2D eigenvalue weighted by Crippen LogP contribution is 2.12. The first-order valence-electron chi connectivity index (χ1n) is 9.65. The second-order valence-corrected chi connectivity index (χ2v) is 7.63. The molecular formula is C21H22ClFN6OS. The second-order valence-electron chi connectivity index (χ2n) is 6.69. The lowest BCUT2D eigenvalue weighted by Crippen LogP contribution is -2.24. The molecule has 0 atom stereocenters. The molecule has 0 unspecified atom stereocenters. The number of aromatic amines is 1. The fraction of sp³-hybridized carbons (Fsp3) is 0.238. The second kappa shape index (κ2) is 10.9. The number of imidazole rings is 1. The van der Waals surface area contributed by atoms with Gasteiger partial charge in [0.25, 0.3) is 5.91 Å². The number of benzene rings is 1. The molecule has 7 nitrogen and oxygen atoms in total. The lowest BCUT2D eigenvalue weighted by molar-refractivity contribution is 0.0945. The third-order valence-corrected chi connectivity index (χ3v) is 5.44. The van der Waals surface area contributed by atoms with Gasteiger partial charge in [0.2, 0.25) is 0 Å². The number of carbonyl (C=O) groups is 1. The van der Waals surface area contributed by atoms with Gasteiger partial charge in [0, 0.05) is 37.5 Å². The first-order valence-corrected chi connectivity index (χ1v) is 10.5. The van der Waals surface area contributed by atoms with E-state index < -0.39 is 5.82 Å². The highest BCUT2D eigenvalue weighted by atomic mass is 35.5. The van der Waals surface area contributed by atoms with Gasteiger partial charge in [-0.2, -0.15) is 0 Å². The van der Waals surface area contributed by atoms with E-state index in [-0.39, 0.29) is 30.6 Å². The molecule has 31 heavy (non-hydrogen) atoms. The number of para-hydroxylation sites is 2. The Kier molecular flexibility index (Phi) is 8.05. The minimum atomic E-state index is -0.439. The molecule has 10 heteroatoms. The van der Waals surface area contributed by atoms with E-state index in [0.29, 0.717) is 5.69 Å². The fourth-order valence-electron chi connectivity index (χ4n) is 2.98. The molecule has 0 radical (unpaired) electrons. The van der Waals surface area contributed by atoms with Crippen LogP contribution in [-0.4, -0.2) is 38.9 Å². The molecule has 0 spiro atoms. The molecule has 0 aliphatic carbocycles. The maximum absolute atomic E-state index is 13.6. The predicted octanol–water partition coefficient (Wildman–Crippen LogP) is 3.28. The Hall–Kier alpha value is -2.88. The molecule has 162 valence electrons. The summed E-state index contributed by atoms with van der Waals surface area (Å²) in [6, 6.07) is 10.8. The van der Waals surface area contributed by atoms with Gasteiger partial charge in [-0.25, -0.2) is 14.4 Å². The summed E-state index contributed by atoms with van der Waals surface area (Å²) in [6.45, 7) is 1.59. The van der Waals surface area contributed by atoms with Crippen LogP contribution in [-0.2, 0) is 19.4 Å². The third kappa shape index (κ3) is 6.06. The van der Waals surface area contributed by atoms with Crippen LogP contribution in [0.1, 0.15) is 27.0 Å². The lowest BCUT2D eigenvalue weighted by atomic mass is 10.3. The molecule has 0 aliphatic rings. The number of nitrogens with one attached hydrogen (secondary N) is 3. The Balaban J connectivity index is 0.00000272. The number of halogens is 2. The van der Waals surface area contributed by atoms with Crippen molar-refractivity contribution in [1.29, 1.82) is 0 Å². The monoisotopic (exact) mass is 460 g/mol. The molecule has 0 saturated heterocycles. The number of H-pyrrole nitrogens is 1. The van der Waals surface area contributed by atoms with Crippen molar-refractivity contribution in [3.05, 3.63) is 76.0 Å². The van der Waals surface area contributed by atoms with Crippen LogP contribution in [0.4, 0.5) is 4.39 Å². The molecule has 3 heterocycles. The number of carbonyl (C=O) groups excluding carboxylic acids is 1. The van der Waals surface area contributed by atoms with E-state index >= 15 is 0 Å². The largest absolute Gasteiger partial charge is 0.345 e. The highest BCUT2D eigenvalue weighted by Gasteiger charge is 2.12. The number of hydrogen-bond donors (Lipinski definition) is 3. The van der Waals surface area contributed by atoms with E-state index in [2.05, 4.69) is 30.6 Å². The van der Waals surface area contributed by atoms with E-state index in [0.717, 1.165) is 47.8 Å². The van der Waals surface area contributed by atoms with Crippen LogP contribution in [0.5, 0.6) is 0 Å². The Bertz CT molecular complexity index is 1110. The average Bonchev–Trinajstić information content (AvgIpc) is 3.39. The van der Waals surface area contributed by atoms with Gasteiger partial charge in [0.05, 0.1) is 28.3 Å². The van der Waals surface area contributed by atoms with E-state index in [4.69, 9.17) is 0 Å². The molecule has 1 amide bonds. The fourth-order valence-corrected chi connectivity index (χ4v) is 3.76. The van der Waals surface area contributed by atoms with Crippen LogP contribution in [0.25, 0.3) is 11.0 Å². The predicted molar refractivity (Wildman–Crippen MR) is 121 cm³/mol. The Morgan fingerprint density at radius 2 is 1.94 bits per heavy atom. The summed E-state index contributed by atoms with van der Waals surface area (Å²) >= 11 is 1.44. The van der Waals surface area contributed by atoms with Crippen molar-refractivity contribution in [3.63, 3.8) is 0 Å². The number of rotatable bonds is 9. The van der Waals surface area contributed by atoms with Crippen molar-refractivity contribution < 1.29 is 9.18 Å². The van der Waals surface area contributed by atoms with Crippen molar-refractivity contribution in [3.8, 4) is 0 Å². The highest BCUT2D eigenvalue weighted by molar-refractivity contribution is 7.09. The first kappa shape index (κ1) is 22.8. The van der Waals surface area contributed by atoms with Gasteiger partial charge in [-0.3, -0.25) is 9.78 Å². The molecule has 1 aromatic carbocycles. The number of hydrogen-bond acceptors (Lipinski definition) is 6. The molecular weight excluding hydrogens is 439 g/mol. The molecule has 0 saturated carbocycles. The minimum absolute atomic E-state index is 0. The molecule has 4 rings (SSSR count). The number of thiazole rings is 1. The van der Waals surface area contributed by atoms with Crippen LogP contribution in [0.3, 0.4) is 0 Å². The normalized spacial score (nSPS) is 10.7. The van der Waals surface area contributed by atoms with Crippen LogP contribution in [0.2, 0.25) is 0 Å². The summed E-state index contributed by atoms with van der Waals surface area (Å²) in [7, 11) is 0. The Morgan fingerprint density at radius 3 is 2.77 bits per heavy atom. The summed E-state index contributed by atoms with van der Waals surface area (Å²) in [6.07, 6.45) is 3.03. The number of amides is 1. The number of pyridine rings is 1. The summed E-state index contributed by atoms with van der Waals surface area (Å²) in [5.74, 6) is 0.187. The van der Waals surface area contributed by atoms with Gasteiger partial charge >= 0.3 is 0 Å². The van der Waals surface area contributed by atoms with Gasteiger partial charge in [0.1, 0.15) is 17.3 Å². The standard InChI is InChI=1S/C21H21FN6OS.ClH/c22-14-4-3-9-24-17(14)12-25-21(29)18-13-30-20(28-18)8-11-23-10-7-19-26-15-5-1-2-6-16(15)27-19;/h1-6,9,13,23H,7-8,10-12H2,(H,25,29)(H,26,27);1H. The number of fused-ring (bicyclic) bond motifs is 1. The third-order valence-electron chi connectivity index (χ3n) is 4.53. The molecule has 0 fully saturated rings. The topological polar surface area (TPSA) is 95.6 Å². The Morgan fingerprint density at radius 1 is 1.10 bits per heavy atom. The first-order chi connectivity index (χ1) is 14.7. The lowest BCUT2D eigenvalue weighted by Gasteiger charge is -2.03. The van der Waals surface area contributed by atoms with E-state index in [9.17, 15) is 9.18 Å². The van der Waals surface area contributed by atoms with Gasteiger partial charge in [-0.15, -0.1) is 23.7 Å². The summed E-state index contributed by atoms with van der Waals surface area (Å²) in [5.41, 5.74) is 2.57. The number of aromatic nitrogens is 4. The van der Waals surface area contributed by atoms with Crippen molar-refractivity contribution in [2.75, 3.05) is 13.1 Å². The quantitative estimate of drug-likeness (QED) is 0.333. The summed E-state index contributed by atoms with van der Waals surface area (Å²) in [4.78, 5) is 28.4. The molecule has 3 N–H and O–H groups in total. The SMILES string of the molecule is Cl.O=C(NCc1ncccc1F)c1csc(CCNCCc2nc3ccccc3[nH]2)n1. The van der Waals surface area contributed by atoms with Crippen molar-refractivity contribution >= 4 is 40.7 Å². The number of nitrogens with zero attached hydrogens (tertiary/aromatic N) is 3. The zero-order valence-electron chi connectivity index (χ0n) is 16.6. The molecule has 3 aromatic heterocycles. The summed E-state index contributed by atoms with van der Waals surface area (Å²) < 4.78 is 13.6. The van der Waals surface area contributed by atoms with Crippen LogP contribution in [0, 0.1) is 5.82 Å². The Labute approximate surface area is 189 Å². The van der Waals surface area contributed by atoms with Crippen molar-refractivity contribution in [2.24, 2.45) is 0 Å². The molecule has 4 aromatic rings. The van der Waals surface area contributed by atoms with Gasteiger partial charge in [-0.1, -0.05) is 12.1 Å². The molecule has 0 aliphatic heterocycles. The van der Waals surface area contributed by atoms with E-state index in [1.807, 2.05) is 24.3 Å². The minimum Gasteiger partial charge on any atom is -0.345 e. The van der Waals surface area contributed by atoms with E-state index in [1.54, 1.807) is 5.38 Å². The zero-order chi connectivity index (χ0) is 20.8. The maximum Gasteiger partial charge on any atom is 0.271 e. The van der Waals surface area contributed by atoms with Crippen LogP contribution >= 0.6 is 23.7 Å². The van der Waals surface area contributed by atoms with Crippen LogP contribution < -0.4 is 10.6 Å². The summed E-state index contributed by atoms with van der Waals surface area (Å²) in [5, 5.41) is 8.62. The molecule has 0 bridgehead atoms. The van der Waals surface area contributed by atoms with Gasteiger partial charge < -0.3 is 15.6 Å². The van der Waals surface area contributed by atoms with Gasteiger partial charge in [-0.05, 0) is 24.3 Å². The smallest absolute Gasteiger partial charge is 0.271 e. The average molecular weight is 461 g/mol. The van der Waals surface area contributed by atoms with Gasteiger partial charge in [0.15, 0.2) is 0 Å². The van der Waals surface area contributed by atoms with Crippen molar-refractivity contribution in [2.45, 2.75) is 19.4 Å². The maximum atomic E-state index is 13.6.